The number of hydrogen-bond acceptors (Lipinski definition) is 5. The van der Waals surface area contributed by atoms with Crippen LogP contribution >= 0.6 is 27.3 Å². The van der Waals surface area contributed by atoms with Gasteiger partial charge in [-0.15, -0.1) is 13.2 Å². The summed E-state index contributed by atoms with van der Waals surface area (Å²) in [5, 5.41) is 4.01. The van der Waals surface area contributed by atoms with Crippen LogP contribution in [0.5, 0.6) is 5.75 Å². The molecule has 0 fully saturated rings. The second-order valence-corrected chi connectivity index (χ2v) is 5.30. The molecule has 1 heterocycles. The second kappa shape index (κ2) is 5.25. The molecule has 0 aliphatic rings. The number of ether oxygens (including phenoxy) is 1. The highest BCUT2D eigenvalue weighted by Gasteiger charge is 2.31. The summed E-state index contributed by atoms with van der Waals surface area (Å²) < 4.78 is 40.3. The van der Waals surface area contributed by atoms with E-state index in [0.717, 1.165) is 0 Å². The molecule has 0 spiro atoms. The number of nitrogens with one attached hydrogen (secondary N) is 1. The first-order chi connectivity index (χ1) is 8.83. The van der Waals surface area contributed by atoms with Crippen LogP contribution in [0.15, 0.2) is 28.9 Å². The Hall–Kier alpha value is -1.48. The fourth-order valence-corrected chi connectivity index (χ4v) is 2.32. The summed E-state index contributed by atoms with van der Waals surface area (Å²) in [6.45, 7) is 0. The van der Waals surface area contributed by atoms with Gasteiger partial charge < -0.3 is 15.8 Å². The van der Waals surface area contributed by atoms with Crippen LogP contribution in [0.2, 0.25) is 0 Å². The summed E-state index contributed by atoms with van der Waals surface area (Å²) >= 11 is 4.24. The van der Waals surface area contributed by atoms with Crippen molar-refractivity contribution in [1.29, 1.82) is 0 Å². The quantitative estimate of drug-likeness (QED) is 0.870. The lowest BCUT2D eigenvalue weighted by molar-refractivity contribution is -0.274. The SMILES string of the molecule is Nc1cnc(Nc2ccc(OC(F)(F)F)c(Br)c2)s1. The molecule has 0 saturated heterocycles. The van der Waals surface area contributed by atoms with E-state index in [-0.39, 0.29) is 10.2 Å². The van der Waals surface area contributed by atoms with Crippen molar-refractivity contribution in [3.05, 3.63) is 28.9 Å². The lowest BCUT2D eigenvalue weighted by atomic mass is 10.3. The average Bonchev–Trinajstić information content (AvgIpc) is 2.66. The zero-order valence-corrected chi connectivity index (χ0v) is 11.6. The highest BCUT2D eigenvalue weighted by Crippen LogP contribution is 2.33. The summed E-state index contributed by atoms with van der Waals surface area (Å²) in [5.41, 5.74) is 6.08. The van der Waals surface area contributed by atoms with Gasteiger partial charge in [0.05, 0.1) is 10.7 Å². The molecule has 4 nitrogen and oxygen atoms in total. The van der Waals surface area contributed by atoms with Gasteiger partial charge in [0, 0.05) is 5.69 Å². The third-order valence-electron chi connectivity index (χ3n) is 1.93. The first kappa shape index (κ1) is 13.9. The number of halogens is 4. The molecule has 1 aromatic heterocycles. The number of benzene rings is 1. The highest BCUT2D eigenvalue weighted by atomic mass is 79.9. The monoisotopic (exact) mass is 353 g/mol. The Labute approximate surface area is 118 Å². The minimum Gasteiger partial charge on any atom is -0.405 e. The number of rotatable bonds is 3. The minimum atomic E-state index is -4.72. The largest absolute Gasteiger partial charge is 0.573 e. The lowest BCUT2D eigenvalue weighted by Crippen LogP contribution is -2.17. The number of hydrogen-bond donors (Lipinski definition) is 2. The molecule has 0 radical (unpaired) electrons. The van der Waals surface area contributed by atoms with E-state index in [1.165, 1.54) is 35.7 Å². The second-order valence-electron chi connectivity index (χ2n) is 3.39. The predicted octanol–water partition coefficient (Wildman–Crippen LogP) is 4.13. The van der Waals surface area contributed by atoms with E-state index >= 15 is 0 Å². The van der Waals surface area contributed by atoms with Crippen LogP contribution < -0.4 is 15.8 Å². The number of anilines is 3. The molecule has 0 amide bonds. The topological polar surface area (TPSA) is 60.2 Å². The Bertz CT molecular complexity index is 588. The van der Waals surface area contributed by atoms with E-state index in [1.807, 2.05) is 0 Å². The van der Waals surface area contributed by atoms with Gasteiger partial charge in [-0.25, -0.2) is 4.98 Å². The van der Waals surface area contributed by atoms with Crippen molar-refractivity contribution >= 4 is 43.1 Å². The molecule has 0 aliphatic heterocycles. The molecule has 9 heteroatoms. The van der Waals surface area contributed by atoms with Crippen LogP contribution in [-0.2, 0) is 0 Å². The summed E-state index contributed by atoms with van der Waals surface area (Å²) in [5.74, 6) is -0.309. The Kier molecular flexibility index (Phi) is 3.85. The van der Waals surface area contributed by atoms with Crippen LogP contribution in [0.1, 0.15) is 0 Å². The molecule has 0 unspecified atom stereocenters. The van der Waals surface area contributed by atoms with Crippen LogP contribution in [0.25, 0.3) is 0 Å². The van der Waals surface area contributed by atoms with E-state index < -0.39 is 6.36 Å². The van der Waals surface area contributed by atoms with Gasteiger partial charge in [-0.3, -0.25) is 0 Å². The Balaban J connectivity index is 2.14. The Morgan fingerprint density at radius 3 is 2.63 bits per heavy atom. The maximum Gasteiger partial charge on any atom is 0.573 e. The van der Waals surface area contributed by atoms with Crippen LogP contribution in [0, 0.1) is 0 Å². The van der Waals surface area contributed by atoms with Crippen molar-refractivity contribution in [2.75, 3.05) is 11.1 Å². The molecule has 19 heavy (non-hydrogen) atoms. The van der Waals surface area contributed by atoms with Gasteiger partial charge in [0.2, 0.25) is 0 Å². The number of nitrogens with two attached hydrogens (primary N) is 1. The van der Waals surface area contributed by atoms with E-state index in [1.54, 1.807) is 0 Å². The number of nitrogens with zero attached hydrogens (tertiary/aromatic N) is 1. The fourth-order valence-electron chi connectivity index (χ4n) is 1.25. The first-order valence-corrected chi connectivity index (χ1v) is 6.48. The van der Waals surface area contributed by atoms with Crippen LogP contribution in [-0.4, -0.2) is 11.3 Å². The lowest BCUT2D eigenvalue weighted by Gasteiger charge is -2.11. The van der Waals surface area contributed by atoms with E-state index in [9.17, 15) is 13.2 Å². The Morgan fingerprint density at radius 2 is 2.11 bits per heavy atom. The summed E-state index contributed by atoms with van der Waals surface area (Å²) in [7, 11) is 0. The zero-order chi connectivity index (χ0) is 14.0. The van der Waals surface area contributed by atoms with Crippen molar-refractivity contribution in [3.8, 4) is 5.75 Å². The fraction of sp³-hybridized carbons (Fsp3) is 0.100. The van der Waals surface area contributed by atoms with Crippen molar-refractivity contribution in [2.24, 2.45) is 0 Å². The molecule has 2 rings (SSSR count). The van der Waals surface area contributed by atoms with E-state index in [0.29, 0.717) is 15.8 Å². The zero-order valence-electron chi connectivity index (χ0n) is 9.16. The molecule has 0 aliphatic carbocycles. The van der Waals surface area contributed by atoms with Crippen molar-refractivity contribution in [3.63, 3.8) is 0 Å². The maximum atomic E-state index is 12.1. The van der Waals surface area contributed by atoms with Gasteiger partial charge in [-0.1, -0.05) is 11.3 Å². The van der Waals surface area contributed by atoms with Crippen LogP contribution in [0.4, 0.5) is 29.0 Å². The smallest absolute Gasteiger partial charge is 0.405 e. The first-order valence-electron chi connectivity index (χ1n) is 4.87. The standard InChI is InChI=1S/C10H7BrF3N3OS/c11-6-3-5(17-9-16-4-8(15)19-9)1-2-7(6)18-10(12,13)14/h1-4H,15H2,(H,16,17). The highest BCUT2D eigenvalue weighted by molar-refractivity contribution is 9.10. The summed E-state index contributed by atoms with van der Waals surface area (Å²) in [6, 6.07) is 4.11. The third kappa shape index (κ3) is 4.00. The van der Waals surface area contributed by atoms with Gasteiger partial charge >= 0.3 is 6.36 Å². The van der Waals surface area contributed by atoms with Crippen molar-refractivity contribution < 1.29 is 17.9 Å². The molecule has 3 N–H and O–H groups in total. The van der Waals surface area contributed by atoms with E-state index in [4.69, 9.17) is 5.73 Å². The molecule has 2 aromatic rings. The number of thiazole rings is 1. The van der Waals surface area contributed by atoms with Gasteiger partial charge in [0.15, 0.2) is 5.13 Å². The van der Waals surface area contributed by atoms with Gasteiger partial charge in [0.1, 0.15) is 10.8 Å². The number of nitrogen functional groups attached to an aromatic ring is 1. The molecular weight excluding hydrogens is 347 g/mol. The molecule has 0 saturated carbocycles. The normalized spacial score (nSPS) is 11.4. The molecule has 102 valence electrons. The van der Waals surface area contributed by atoms with E-state index in [2.05, 4.69) is 31.0 Å². The molecular formula is C10H7BrF3N3OS. The van der Waals surface area contributed by atoms with Crippen molar-refractivity contribution in [1.82, 2.24) is 4.98 Å². The number of alkyl halides is 3. The molecule has 0 bridgehead atoms. The maximum absolute atomic E-state index is 12.1. The summed E-state index contributed by atoms with van der Waals surface area (Å²) in [4.78, 5) is 3.98. The third-order valence-corrected chi connectivity index (χ3v) is 3.29. The van der Waals surface area contributed by atoms with Crippen molar-refractivity contribution in [2.45, 2.75) is 6.36 Å². The number of aromatic nitrogens is 1. The predicted molar refractivity (Wildman–Crippen MR) is 70.6 cm³/mol. The summed E-state index contributed by atoms with van der Waals surface area (Å²) in [6.07, 6.45) is -3.23. The average molecular weight is 354 g/mol. The molecule has 0 atom stereocenters. The van der Waals surface area contributed by atoms with Gasteiger partial charge in [-0.2, -0.15) is 0 Å². The van der Waals surface area contributed by atoms with Crippen LogP contribution in [0.3, 0.4) is 0 Å². The van der Waals surface area contributed by atoms with Gasteiger partial charge in [0.25, 0.3) is 0 Å². The molecule has 1 aromatic carbocycles. The van der Waals surface area contributed by atoms with Gasteiger partial charge in [-0.05, 0) is 34.1 Å². The minimum absolute atomic E-state index is 0.180. The Morgan fingerprint density at radius 1 is 1.37 bits per heavy atom.